The fourth-order valence-corrected chi connectivity index (χ4v) is 2.89. The van der Waals surface area contributed by atoms with Gasteiger partial charge in [-0.2, -0.15) is 0 Å². The van der Waals surface area contributed by atoms with E-state index in [0.29, 0.717) is 6.42 Å². The molecule has 2 aromatic rings. The van der Waals surface area contributed by atoms with E-state index in [-0.39, 0.29) is 6.10 Å². The highest BCUT2D eigenvalue weighted by Crippen LogP contribution is 2.27. The molecule has 1 atom stereocenters. The molecule has 1 nitrogen and oxygen atoms in total. The highest BCUT2D eigenvalue weighted by Gasteiger charge is 2.12. The zero-order valence-electron chi connectivity index (χ0n) is 10.5. The van der Waals surface area contributed by atoms with Gasteiger partial charge in [0.1, 0.15) is 0 Å². The molecule has 1 unspecified atom stereocenters. The van der Waals surface area contributed by atoms with Gasteiger partial charge >= 0.3 is 0 Å². The molecule has 0 saturated heterocycles. The first-order chi connectivity index (χ1) is 8.08. The molecule has 0 bridgehead atoms. The normalized spacial score (nSPS) is 12.7. The van der Waals surface area contributed by atoms with E-state index in [0.717, 1.165) is 4.88 Å². The Balaban J connectivity index is 2.16. The van der Waals surface area contributed by atoms with Gasteiger partial charge in [0, 0.05) is 11.3 Å². The van der Waals surface area contributed by atoms with E-state index in [1.807, 2.05) is 5.38 Å². The Bertz CT molecular complexity index is 513. The van der Waals surface area contributed by atoms with Crippen molar-refractivity contribution in [3.63, 3.8) is 0 Å². The van der Waals surface area contributed by atoms with Crippen molar-refractivity contribution in [3.05, 3.63) is 56.8 Å². The van der Waals surface area contributed by atoms with Gasteiger partial charge in [-0.1, -0.05) is 18.2 Å². The summed E-state index contributed by atoms with van der Waals surface area (Å²) in [6.45, 7) is 6.27. The molecule has 2 rings (SSSR count). The van der Waals surface area contributed by atoms with Crippen LogP contribution in [0.1, 0.15) is 33.2 Å². The molecule has 0 aliphatic rings. The van der Waals surface area contributed by atoms with E-state index in [1.165, 1.54) is 22.3 Å². The lowest BCUT2D eigenvalue weighted by Gasteiger charge is -2.11. The van der Waals surface area contributed by atoms with Crippen LogP contribution in [0.15, 0.2) is 29.6 Å². The third-order valence-electron chi connectivity index (χ3n) is 3.20. The Morgan fingerprint density at radius 2 is 1.82 bits per heavy atom. The van der Waals surface area contributed by atoms with Crippen LogP contribution in [0, 0.1) is 20.8 Å². The first-order valence-corrected chi connectivity index (χ1v) is 6.74. The molecule has 2 heteroatoms. The minimum Gasteiger partial charge on any atom is -0.387 e. The van der Waals surface area contributed by atoms with Crippen LogP contribution in [-0.4, -0.2) is 5.11 Å². The Kier molecular flexibility index (Phi) is 3.65. The van der Waals surface area contributed by atoms with Crippen molar-refractivity contribution in [2.24, 2.45) is 0 Å². The van der Waals surface area contributed by atoms with Gasteiger partial charge in [0.25, 0.3) is 0 Å². The van der Waals surface area contributed by atoms with Crippen molar-refractivity contribution in [1.82, 2.24) is 0 Å². The van der Waals surface area contributed by atoms with Gasteiger partial charge < -0.3 is 5.11 Å². The summed E-state index contributed by atoms with van der Waals surface area (Å²) < 4.78 is 0. The number of aliphatic hydroxyl groups excluding tert-OH is 1. The third kappa shape index (κ3) is 2.76. The Morgan fingerprint density at radius 1 is 1.06 bits per heavy atom. The molecule has 0 aliphatic carbocycles. The number of hydrogen-bond acceptors (Lipinski definition) is 2. The zero-order chi connectivity index (χ0) is 12.4. The number of hydrogen-bond donors (Lipinski definition) is 1. The van der Waals surface area contributed by atoms with Crippen LogP contribution in [0.4, 0.5) is 0 Å². The molecule has 90 valence electrons. The van der Waals surface area contributed by atoms with Crippen LogP contribution >= 0.6 is 11.3 Å². The molecule has 0 fully saturated rings. The van der Waals surface area contributed by atoms with Crippen LogP contribution in [0.5, 0.6) is 0 Å². The smallest absolute Gasteiger partial charge is 0.0924 e. The molecule has 1 heterocycles. The van der Waals surface area contributed by atoms with Gasteiger partial charge in [0.05, 0.1) is 6.10 Å². The third-order valence-corrected chi connectivity index (χ3v) is 4.32. The molecular formula is C15H18OS. The largest absolute Gasteiger partial charge is 0.387 e. The second-order valence-corrected chi connectivity index (χ2v) is 5.55. The lowest BCUT2D eigenvalue weighted by Crippen LogP contribution is -2.01. The number of benzene rings is 1. The van der Waals surface area contributed by atoms with Crippen molar-refractivity contribution in [2.75, 3.05) is 0 Å². The molecule has 17 heavy (non-hydrogen) atoms. The van der Waals surface area contributed by atoms with Crippen LogP contribution in [-0.2, 0) is 6.42 Å². The van der Waals surface area contributed by atoms with Crippen LogP contribution < -0.4 is 0 Å². The first kappa shape index (κ1) is 12.3. The van der Waals surface area contributed by atoms with Gasteiger partial charge in [-0.3, -0.25) is 0 Å². The number of aryl methyl sites for hydroxylation is 3. The molecule has 0 radical (unpaired) electrons. The van der Waals surface area contributed by atoms with E-state index in [1.54, 1.807) is 11.3 Å². The van der Waals surface area contributed by atoms with E-state index < -0.39 is 0 Å². The lowest BCUT2D eigenvalue weighted by atomic mass is 10.0. The van der Waals surface area contributed by atoms with Crippen LogP contribution in [0.25, 0.3) is 0 Å². The maximum Gasteiger partial charge on any atom is 0.0924 e. The van der Waals surface area contributed by atoms with Crippen molar-refractivity contribution >= 4 is 11.3 Å². The topological polar surface area (TPSA) is 20.2 Å². The van der Waals surface area contributed by atoms with Gasteiger partial charge in [-0.15, -0.1) is 11.3 Å². The maximum absolute atomic E-state index is 10.2. The van der Waals surface area contributed by atoms with Crippen LogP contribution in [0.2, 0.25) is 0 Å². The highest BCUT2D eigenvalue weighted by atomic mass is 32.1. The molecule has 1 N–H and O–H groups in total. The Morgan fingerprint density at radius 3 is 2.41 bits per heavy atom. The predicted octanol–water partition coefficient (Wildman–Crippen LogP) is 3.95. The van der Waals surface area contributed by atoms with Crippen molar-refractivity contribution in [2.45, 2.75) is 33.3 Å². The molecule has 0 aliphatic heterocycles. The van der Waals surface area contributed by atoms with Crippen molar-refractivity contribution < 1.29 is 5.11 Å². The minimum absolute atomic E-state index is 0.378. The summed E-state index contributed by atoms with van der Waals surface area (Å²) in [4.78, 5) is 1.09. The summed E-state index contributed by atoms with van der Waals surface area (Å²) in [5.41, 5.74) is 4.98. The van der Waals surface area contributed by atoms with Crippen molar-refractivity contribution in [3.8, 4) is 0 Å². The SMILES string of the molecule is Cc1ccc(CC(O)c2sccc2C)cc1C. The molecule has 0 amide bonds. The summed E-state index contributed by atoms with van der Waals surface area (Å²) in [5, 5.41) is 12.3. The predicted molar refractivity (Wildman–Crippen MR) is 73.6 cm³/mol. The average Bonchev–Trinajstić information content (AvgIpc) is 2.70. The number of aliphatic hydroxyl groups is 1. The van der Waals surface area contributed by atoms with Crippen molar-refractivity contribution in [1.29, 1.82) is 0 Å². The average molecular weight is 246 g/mol. The second-order valence-electron chi connectivity index (χ2n) is 4.61. The van der Waals surface area contributed by atoms with Gasteiger partial charge in [0.2, 0.25) is 0 Å². The van der Waals surface area contributed by atoms with E-state index >= 15 is 0 Å². The lowest BCUT2D eigenvalue weighted by molar-refractivity contribution is 0.181. The Hall–Kier alpha value is -1.12. The summed E-state index contributed by atoms with van der Waals surface area (Å²) >= 11 is 1.63. The maximum atomic E-state index is 10.2. The quantitative estimate of drug-likeness (QED) is 0.869. The monoisotopic (exact) mass is 246 g/mol. The standard InChI is InChI=1S/C15H18OS/c1-10-4-5-13(8-12(10)3)9-14(16)15-11(2)6-7-17-15/h4-8,14,16H,9H2,1-3H3. The highest BCUT2D eigenvalue weighted by molar-refractivity contribution is 7.10. The first-order valence-electron chi connectivity index (χ1n) is 5.86. The Labute approximate surface area is 107 Å². The van der Waals surface area contributed by atoms with Gasteiger partial charge in [0.15, 0.2) is 0 Å². The number of thiophene rings is 1. The molecular weight excluding hydrogens is 228 g/mol. The fraction of sp³-hybridized carbons (Fsp3) is 0.333. The van der Waals surface area contributed by atoms with E-state index in [4.69, 9.17) is 0 Å². The second kappa shape index (κ2) is 5.03. The van der Waals surface area contributed by atoms with E-state index in [2.05, 4.69) is 45.0 Å². The van der Waals surface area contributed by atoms with Gasteiger partial charge in [-0.05, 0) is 54.5 Å². The van der Waals surface area contributed by atoms with E-state index in [9.17, 15) is 5.11 Å². The molecule has 1 aromatic heterocycles. The number of rotatable bonds is 3. The molecule has 0 saturated carbocycles. The van der Waals surface area contributed by atoms with Crippen LogP contribution in [0.3, 0.4) is 0 Å². The molecule has 1 aromatic carbocycles. The molecule has 0 spiro atoms. The summed E-state index contributed by atoms with van der Waals surface area (Å²) in [7, 11) is 0. The minimum atomic E-state index is -0.378. The summed E-state index contributed by atoms with van der Waals surface area (Å²) in [5.74, 6) is 0. The summed E-state index contributed by atoms with van der Waals surface area (Å²) in [6.07, 6.45) is 0.319. The zero-order valence-corrected chi connectivity index (χ0v) is 11.3. The van der Waals surface area contributed by atoms with Gasteiger partial charge in [-0.25, -0.2) is 0 Å². The fourth-order valence-electron chi connectivity index (χ4n) is 1.97. The summed E-state index contributed by atoms with van der Waals surface area (Å²) in [6, 6.07) is 8.46.